The standard InChI is InChI=1S/C7H7N5O3/c1-10-5-4(8-3-9-12(5)15)6(13)11(2)7(10)14/h3H,1-2H3. The Balaban J connectivity index is 3.23. The third-order valence-electron chi connectivity index (χ3n) is 2.14. The highest BCUT2D eigenvalue weighted by atomic mass is 16.5. The van der Waals surface area contributed by atoms with E-state index in [1.807, 2.05) is 0 Å². The Kier molecular flexibility index (Phi) is 1.78. The van der Waals surface area contributed by atoms with Crippen LogP contribution in [0.3, 0.4) is 0 Å². The van der Waals surface area contributed by atoms with Crippen molar-refractivity contribution < 1.29 is 4.85 Å². The minimum atomic E-state index is -0.611. The highest BCUT2D eigenvalue weighted by Crippen LogP contribution is 1.93. The molecule has 0 aliphatic carbocycles. The van der Waals surface area contributed by atoms with E-state index in [-0.39, 0.29) is 16.0 Å². The molecule has 0 aliphatic rings. The molecule has 78 valence electrons. The second kappa shape index (κ2) is 2.87. The van der Waals surface area contributed by atoms with E-state index in [1.165, 1.54) is 14.1 Å². The smallest absolute Gasteiger partial charge is 0.418 e. The lowest BCUT2D eigenvalue weighted by atomic mass is 10.5. The topological polar surface area (TPSA) is 96.7 Å². The summed E-state index contributed by atoms with van der Waals surface area (Å²) >= 11 is 0. The molecular formula is C7H7N5O3. The van der Waals surface area contributed by atoms with E-state index < -0.39 is 11.2 Å². The number of hydrogen-bond acceptors (Lipinski definition) is 5. The van der Waals surface area contributed by atoms with Crippen molar-refractivity contribution in [3.05, 3.63) is 32.4 Å². The van der Waals surface area contributed by atoms with Crippen LogP contribution in [0.5, 0.6) is 0 Å². The fourth-order valence-corrected chi connectivity index (χ4v) is 1.33. The minimum Gasteiger partial charge on any atom is -0.691 e. The van der Waals surface area contributed by atoms with Crippen molar-refractivity contribution in [2.24, 2.45) is 14.1 Å². The van der Waals surface area contributed by atoms with Crippen LogP contribution in [0, 0.1) is 5.21 Å². The van der Waals surface area contributed by atoms with Crippen molar-refractivity contribution >= 4 is 11.2 Å². The maximum Gasteiger partial charge on any atom is 0.418 e. The van der Waals surface area contributed by atoms with Gasteiger partial charge in [0.25, 0.3) is 5.56 Å². The number of fused-ring (bicyclic) bond motifs is 1. The average molecular weight is 209 g/mol. The number of hydrogen-bond donors (Lipinski definition) is 0. The van der Waals surface area contributed by atoms with Crippen molar-refractivity contribution in [3.8, 4) is 0 Å². The van der Waals surface area contributed by atoms with Crippen LogP contribution >= 0.6 is 0 Å². The van der Waals surface area contributed by atoms with Gasteiger partial charge in [0.05, 0.1) is 7.05 Å². The maximum absolute atomic E-state index is 11.6. The fraction of sp³-hybridized carbons (Fsp3) is 0.286. The number of nitrogens with zero attached hydrogens (tertiary/aromatic N) is 5. The summed E-state index contributed by atoms with van der Waals surface area (Å²) in [4.78, 5) is 26.9. The first-order valence-electron chi connectivity index (χ1n) is 4.04. The summed E-state index contributed by atoms with van der Waals surface area (Å²) in [6.45, 7) is 0. The zero-order valence-corrected chi connectivity index (χ0v) is 8.04. The molecule has 0 aromatic carbocycles. The number of aryl methyl sites for hydroxylation is 1. The number of rotatable bonds is 0. The Bertz CT molecular complexity index is 656. The van der Waals surface area contributed by atoms with E-state index in [4.69, 9.17) is 0 Å². The predicted molar refractivity (Wildman–Crippen MR) is 49.0 cm³/mol. The van der Waals surface area contributed by atoms with E-state index in [1.54, 1.807) is 0 Å². The molecule has 0 saturated carbocycles. The molecule has 0 amide bonds. The van der Waals surface area contributed by atoms with Gasteiger partial charge in [-0.25, -0.2) is 14.3 Å². The highest BCUT2D eigenvalue weighted by molar-refractivity contribution is 5.64. The molecule has 2 aromatic heterocycles. The Morgan fingerprint density at radius 1 is 1.33 bits per heavy atom. The maximum atomic E-state index is 11.6. The molecule has 0 bridgehead atoms. The molecule has 0 spiro atoms. The Hall–Kier alpha value is -2.25. The first-order valence-corrected chi connectivity index (χ1v) is 4.04. The van der Waals surface area contributed by atoms with Crippen LogP contribution in [0.25, 0.3) is 11.2 Å². The zero-order valence-electron chi connectivity index (χ0n) is 8.04. The van der Waals surface area contributed by atoms with Crippen LogP contribution in [0.2, 0.25) is 0 Å². The zero-order chi connectivity index (χ0) is 11.2. The van der Waals surface area contributed by atoms with Gasteiger partial charge in [-0.15, -0.1) is 4.85 Å². The van der Waals surface area contributed by atoms with E-state index in [0.29, 0.717) is 0 Å². The van der Waals surface area contributed by atoms with Crippen LogP contribution in [0.4, 0.5) is 0 Å². The predicted octanol–water partition coefficient (Wildman–Crippen LogP) is -2.34. The first kappa shape index (κ1) is 9.31. The quantitative estimate of drug-likeness (QED) is 0.358. The van der Waals surface area contributed by atoms with Crippen LogP contribution < -0.4 is 16.1 Å². The molecule has 0 atom stereocenters. The van der Waals surface area contributed by atoms with Gasteiger partial charge >= 0.3 is 11.3 Å². The second-order valence-corrected chi connectivity index (χ2v) is 3.01. The minimum absolute atomic E-state index is 0.0791. The monoisotopic (exact) mass is 209 g/mol. The van der Waals surface area contributed by atoms with Gasteiger partial charge in [-0.1, -0.05) is 5.10 Å². The van der Waals surface area contributed by atoms with Crippen molar-refractivity contribution in [1.82, 2.24) is 19.2 Å². The van der Waals surface area contributed by atoms with E-state index >= 15 is 0 Å². The molecular weight excluding hydrogens is 202 g/mol. The third-order valence-corrected chi connectivity index (χ3v) is 2.14. The van der Waals surface area contributed by atoms with Crippen LogP contribution in [-0.4, -0.2) is 19.2 Å². The van der Waals surface area contributed by atoms with Crippen LogP contribution in [-0.2, 0) is 14.1 Å². The van der Waals surface area contributed by atoms with Gasteiger partial charge in [-0.05, 0) is 0 Å². The molecule has 0 saturated heterocycles. The molecule has 0 N–H and O–H groups in total. The molecule has 0 radical (unpaired) electrons. The SMILES string of the molecule is Cn1c(=O)c2ncn[n+]([O-])c2n(C)c1=O. The van der Waals surface area contributed by atoms with Gasteiger partial charge in [0, 0.05) is 7.05 Å². The van der Waals surface area contributed by atoms with Crippen LogP contribution in [0.1, 0.15) is 0 Å². The van der Waals surface area contributed by atoms with Crippen molar-refractivity contribution in [2.75, 3.05) is 0 Å². The molecule has 8 nitrogen and oxygen atoms in total. The third kappa shape index (κ3) is 1.11. The van der Waals surface area contributed by atoms with Gasteiger partial charge < -0.3 is 5.21 Å². The van der Waals surface area contributed by atoms with Gasteiger partial charge in [0.1, 0.15) is 0 Å². The molecule has 15 heavy (non-hydrogen) atoms. The summed E-state index contributed by atoms with van der Waals surface area (Å²) < 4.78 is 1.92. The van der Waals surface area contributed by atoms with Gasteiger partial charge in [0.2, 0.25) is 5.52 Å². The Labute approximate surface area is 82.6 Å². The van der Waals surface area contributed by atoms with Crippen molar-refractivity contribution in [1.29, 1.82) is 0 Å². The molecule has 0 fully saturated rings. The molecule has 0 unspecified atom stereocenters. The second-order valence-electron chi connectivity index (χ2n) is 3.01. The Morgan fingerprint density at radius 3 is 2.67 bits per heavy atom. The van der Waals surface area contributed by atoms with Gasteiger partial charge in [-0.3, -0.25) is 4.79 Å². The normalized spacial score (nSPS) is 10.8. The largest absolute Gasteiger partial charge is 0.691 e. The summed E-state index contributed by atoms with van der Waals surface area (Å²) in [5.41, 5.74) is -1.43. The number of aromatic nitrogens is 5. The van der Waals surface area contributed by atoms with E-state index in [0.717, 1.165) is 15.5 Å². The fourth-order valence-electron chi connectivity index (χ4n) is 1.33. The molecule has 2 aromatic rings. The van der Waals surface area contributed by atoms with E-state index in [2.05, 4.69) is 10.1 Å². The highest BCUT2D eigenvalue weighted by Gasteiger charge is 2.17. The first-order chi connectivity index (χ1) is 7.04. The summed E-state index contributed by atoms with van der Waals surface area (Å²) in [6.07, 6.45) is 0.973. The lowest BCUT2D eigenvalue weighted by molar-refractivity contribution is -0.646. The lowest BCUT2D eigenvalue weighted by Gasteiger charge is -2.04. The lowest BCUT2D eigenvalue weighted by Crippen LogP contribution is -2.44. The molecule has 2 rings (SSSR count). The summed E-state index contributed by atoms with van der Waals surface area (Å²) in [7, 11) is 2.70. The van der Waals surface area contributed by atoms with E-state index in [9.17, 15) is 14.8 Å². The Morgan fingerprint density at radius 2 is 2.00 bits per heavy atom. The average Bonchev–Trinajstić information content (AvgIpc) is 2.23. The summed E-state index contributed by atoms with van der Waals surface area (Å²) in [5.74, 6) is 0. The molecule has 8 heteroatoms. The van der Waals surface area contributed by atoms with Gasteiger partial charge in [-0.2, -0.15) is 4.57 Å². The van der Waals surface area contributed by atoms with Crippen molar-refractivity contribution in [2.45, 2.75) is 0 Å². The van der Waals surface area contributed by atoms with Gasteiger partial charge in [0.15, 0.2) is 6.33 Å². The summed E-state index contributed by atoms with van der Waals surface area (Å²) in [5, 5.41) is 14.6. The molecule has 2 heterocycles. The summed E-state index contributed by atoms with van der Waals surface area (Å²) in [6, 6.07) is 0. The molecule has 0 aliphatic heterocycles. The van der Waals surface area contributed by atoms with Crippen LogP contribution in [0.15, 0.2) is 15.9 Å². The van der Waals surface area contributed by atoms with Crippen molar-refractivity contribution in [3.63, 3.8) is 0 Å².